The van der Waals surface area contributed by atoms with Gasteiger partial charge < -0.3 is 4.74 Å². The van der Waals surface area contributed by atoms with Gasteiger partial charge in [-0.25, -0.2) is 0 Å². The first-order valence-electron chi connectivity index (χ1n) is 5.94. The molecule has 0 atom stereocenters. The van der Waals surface area contributed by atoms with E-state index >= 15 is 0 Å². The van der Waals surface area contributed by atoms with Crippen LogP contribution in [0.25, 0.3) is 0 Å². The SMILES string of the molecule is O=Cc1c(Br)cccc1OCc1ccc(C(F)(F)F)cc1. The van der Waals surface area contributed by atoms with Crippen molar-refractivity contribution in [3.8, 4) is 5.75 Å². The molecule has 0 saturated carbocycles. The zero-order valence-corrected chi connectivity index (χ0v) is 12.2. The van der Waals surface area contributed by atoms with E-state index in [0.717, 1.165) is 12.1 Å². The van der Waals surface area contributed by atoms with E-state index in [1.54, 1.807) is 18.2 Å². The molecule has 21 heavy (non-hydrogen) atoms. The van der Waals surface area contributed by atoms with Gasteiger partial charge in [-0.1, -0.05) is 18.2 Å². The lowest BCUT2D eigenvalue weighted by Gasteiger charge is -2.11. The van der Waals surface area contributed by atoms with Crippen molar-refractivity contribution < 1.29 is 22.7 Å². The highest BCUT2D eigenvalue weighted by atomic mass is 79.9. The van der Waals surface area contributed by atoms with Gasteiger partial charge in [-0.05, 0) is 45.8 Å². The minimum Gasteiger partial charge on any atom is -0.488 e. The predicted octanol–water partition coefficient (Wildman–Crippen LogP) is 4.86. The van der Waals surface area contributed by atoms with Crippen LogP contribution in [0.3, 0.4) is 0 Å². The molecule has 2 aromatic rings. The monoisotopic (exact) mass is 358 g/mol. The summed E-state index contributed by atoms with van der Waals surface area (Å²) in [5.41, 5.74) is 0.242. The molecule has 0 bridgehead atoms. The second-order valence-corrected chi connectivity index (χ2v) is 5.11. The fourth-order valence-electron chi connectivity index (χ4n) is 1.71. The van der Waals surface area contributed by atoms with Crippen LogP contribution in [-0.4, -0.2) is 6.29 Å². The Bertz CT molecular complexity index is 636. The number of carbonyl (C=O) groups excluding carboxylic acids is 1. The van der Waals surface area contributed by atoms with Crippen LogP contribution in [0.4, 0.5) is 13.2 Å². The van der Waals surface area contributed by atoms with Crippen molar-refractivity contribution in [1.82, 2.24) is 0 Å². The van der Waals surface area contributed by atoms with Crippen molar-refractivity contribution in [3.63, 3.8) is 0 Å². The molecular formula is C15H10BrF3O2. The number of hydrogen-bond donors (Lipinski definition) is 0. The Kier molecular flexibility index (Phi) is 4.67. The summed E-state index contributed by atoms with van der Waals surface area (Å²) in [6, 6.07) is 9.73. The normalized spacial score (nSPS) is 11.2. The van der Waals surface area contributed by atoms with Crippen LogP contribution in [0.15, 0.2) is 46.9 Å². The second-order valence-electron chi connectivity index (χ2n) is 4.25. The van der Waals surface area contributed by atoms with Gasteiger partial charge in [0.05, 0.1) is 11.1 Å². The zero-order valence-electron chi connectivity index (χ0n) is 10.7. The van der Waals surface area contributed by atoms with Crippen molar-refractivity contribution >= 4 is 22.2 Å². The summed E-state index contributed by atoms with van der Waals surface area (Å²) >= 11 is 3.23. The molecule has 0 unspecified atom stereocenters. The highest BCUT2D eigenvalue weighted by Gasteiger charge is 2.29. The molecule has 0 aliphatic heterocycles. The number of rotatable bonds is 4. The average Bonchev–Trinajstić information content (AvgIpc) is 2.44. The van der Waals surface area contributed by atoms with Gasteiger partial charge in [-0.15, -0.1) is 0 Å². The molecule has 0 amide bonds. The van der Waals surface area contributed by atoms with Gasteiger partial charge in [0.2, 0.25) is 0 Å². The maximum atomic E-state index is 12.4. The molecule has 0 saturated heterocycles. The van der Waals surface area contributed by atoms with Crippen LogP contribution in [0.2, 0.25) is 0 Å². The Morgan fingerprint density at radius 1 is 1.10 bits per heavy atom. The molecule has 0 heterocycles. The molecule has 0 aliphatic carbocycles. The molecule has 0 aliphatic rings. The van der Waals surface area contributed by atoms with Crippen molar-refractivity contribution in [2.45, 2.75) is 12.8 Å². The van der Waals surface area contributed by atoms with E-state index < -0.39 is 11.7 Å². The van der Waals surface area contributed by atoms with Crippen LogP contribution in [0, 0.1) is 0 Å². The Morgan fingerprint density at radius 3 is 2.33 bits per heavy atom. The van der Waals surface area contributed by atoms with Gasteiger partial charge in [-0.3, -0.25) is 4.79 Å². The molecular weight excluding hydrogens is 349 g/mol. The van der Waals surface area contributed by atoms with Gasteiger partial charge >= 0.3 is 6.18 Å². The molecule has 6 heteroatoms. The number of aldehydes is 1. The lowest BCUT2D eigenvalue weighted by Crippen LogP contribution is -2.05. The van der Waals surface area contributed by atoms with E-state index in [9.17, 15) is 18.0 Å². The topological polar surface area (TPSA) is 26.3 Å². The third kappa shape index (κ3) is 3.85. The Labute approximate surface area is 127 Å². The van der Waals surface area contributed by atoms with Crippen LogP contribution in [0.5, 0.6) is 5.75 Å². The lowest BCUT2D eigenvalue weighted by molar-refractivity contribution is -0.137. The third-order valence-corrected chi connectivity index (χ3v) is 3.50. The minimum absolute atomic E-state index is 0.0788. The summed E-state index contributed by atoms with van der Waals surface area (Å²) in [7, 11) is 0. The fourth-order valence-corrected chi connectivity index (χ4v) is 2.15. The van der Waals surface area contributed by atoms with Gasteiger partial charge in [0.1, 0.15) is 12.4 Å². The van der Waals surface area contributed by atoms with E-state index in [-0.39, 0.29) is 6.61 Å². The summed E-state index contributed by atoms with van der Waals surface area (Å²) in [4.78, 5) is 11.0. The Hall–Kier alpha value is -1.82. The average molecular weight is 359 g/mol. The zero-order chi connectivity index (χ0) is 15.5. The number of hydrogen-bond acceptors (Lipinski definition) is 2. The van der Waals surface area contributed by atoms with Crippen LogP contribution in [-0.2, 0) is 12.8 Å². The van der Waals surface area contributed by atoms with Crippen LogP contribution in [0.1, 0.15) is 21.5 Å². The van der Waals surface area contributed by atoms with Crippen molar-refractivity contribution in [2.75, 3.05) is 0 Å². The molecule has 2 aromatic carbocycles. The number of benzene rings is 2. The van der Waals surface area contributed by atoms with E-state index in [2.05, 4.69) is 15.9 Å². The van der Waals surface area contributed by atoms with Crippen LogP contribution < -0.4 is 4.74 Å². The Balaban J connectivity index is 2.10. The maximum Gasteiger partial charge on any atom is 0.416 e. The fraction of sp³-hybridized carbons (Fsp3) is 0.133. The first kappa shape index (κ1) is 15.6. The molecule has 0 N–H and O–H groups in total. The lowest BCUT2D eigenvalue weighted by atomic mass is 10.1. The maximum absolute atomic E-state index is 12.4. The van der Waals surface area contributed by atoms with Crippen LogP contribution >= 0.6 is 15.9 Å². The molecule has 0 aromatic heterocycles. The highest BCUT2D eigenvalue weighted by molar-refractivity contribution is 9.10. The van der Waals surface area contributed by atoms with Gasteiger partial charge in [-0.2, -0.15) is 13.2 Å². The van der Waals surface area contributed by atoms with Crippen molar-refractivity contribution in [1.29, 1.82) is 0 Å². The van der Waals surface area contributed by atoms with E-state index in [1.807, 2.05) is 0 Å². The number of ether oxygens (including phenoxy) is 1. The summed E-state index contributed by atoms with van der Waals surface area (Å²) in [5.74, 6) is 0.374. The third-order valence-electron chi connectivity index (χ3n) is 2.81. The van der Waals surface area contributed by atoms with Gasteiger partial charge in [0, 0.05) is 4.47 Å². The quantitative estimate of drug-likeness (QED) is 0.729. The largest absolute Gasteiger partial charge is 0.488 e. The number of halogens is 4. The van der Waals surface area contributed by atoms with Crippen molar-refractivity contribution in [3.05, 3.63) is 63.6 Å². The molecule has 0 spiro atoms. The standard InChI is InChI=1S/C15H10BrF3O2/c16-13-2-1-3-14(12(13)8-20)21-9-10-4-6-11(7-5-10)15(17,18)19/h1-8H,9H2. The number of carbonyl (C=O) groups is 1. The molecule has 0 radical (unpaired) electrons. The summed E-state index contributed by atoms with van der Waals surface area (Å²) in [5, 5.41) is 0. The summed E-state index contributed by atoms with van der Waals surface area (Å²) < 4.78 is 43.4. The smallest absolute Gasteiger partial charge is 0.416 e. The first-order chi connectivity index (χ1) is 9.91. The van der Waals surface area contributed by atoms with E-state index in [1.165, 1.54) is 12.1 Å². The summed E-state index contributed by atoms with van der Waals surface area (Å²) in [6.07, 6.45) is -3.69. The molecule has 0 fully saturated rings. The summed E-state index contributed by atoms with van der Waals surface area (Å²) in [6.45, 7) is 0.0788. The highest BCUT2D eigenvalue weighted by Crippen LogP contribution is 2.29. The molecule has 110 valence electrons. The van der Waals surface area contributed by atoms with E-state index in [4.69, 9.17) is 4.74 Å². The minimum atomic E-state index is -4.35. The predicted molar refractivity (Wildman–Crippen MR) is 75.3 cm³/mol. The van der Waals surface area contributed by atoms with Gasteiger partial charge in [0.25, 0.3) is 0 Å². The Morgan fingerprint density at radius 2 is 1.76 bits per heavy atom. The molecule has 2 rings (SSSR count). The number of alkyl halides is 3. The van der Waals surface area contributed by atoms with E-state index in [0.29, 0.717) is 27.6 Å². The molecule has 2 nitrogen and oxygen atoms in total. The second kappa shape index (κ2) is 6.30. The van der Waals surface area contributed by atoms with Gasteiger partial charge in [0.15, 0.2) is 6.29 Å². The first-order valence-corrected chi connectivity index (χ1v) is 6.74. The van der Waals surface area contributed by atoms with Crippen molar-refractivity contribution in [2.24, 2.45) is 0 Å².